The molecule has 1 aromatic carbocycles. The summed E-state index contributed by atoms with van der Waals surface area (Å²) in [4.78, 5) is 15.3. The lowest BCUT2D eigenvalue weighted by Crippen LogP contribution is -2.43. The molecule has 1 heterocycles. The van der Waals surface area contributed by atoms with Crippen LogP contribution in [0.2, 0.25) is 0 Å². The molecular formula is C17H24N2O2. The van der Waals surface area contributed by atoms with Gasteiger partial charge in [-0.3, -0.25) is 4.79 Å². The fourth-order valence-electron chi connectivity index (χ4n) is 2.61. The second kappa shape index (κ2) is 5.90. The fourth-order valence-corrected chi connectivity index (χ4v) is 2.61. The van der Waals surface area contributed by atoms with Crippen molar-refractivity contribution in [2.75, 3.05) is 6.54 Å². The van der Waals surface area contributed by atoms with Crippen LogP contribution in [0.3, 0.4) is 0 Å². The van der Waals surface area contributed by atoms with E-state index in [0.717, 1.165) is 10.9 Å². The summed E-state index contributed by atoms with van der Waals surface area (Å²) in [6, 6.07) is 9.63. The van der Waals surface area contributed by atoms with Crippen molar-refractivity contribution in [3.05, 3.63) is 36.0 Å². The third-order valence-corrected chi connectivity index (χ3v) is 3.91. The van der Waals surface area contributed by atoms with Crippen LogP contribution in [0.1, 0.15) is 38.2 Å². The van der Waals surface area contributed by atoms with Gasteiger partial charge in [-0.1, -0.05) is 45.9 Å². The lowest BCUT2D eigenvalue weighted by atomic mass is 9.80. The number of rotatable bonds is 5. The van der Waals surface area contributed by atoms with E-state index in [1.807, 2.05) is 58.0 Å². The van der Waals surface area contributed by atoms with Crippen molar-refractivity contribution in [2.24, 2.45) is 11.3 Å². The maximum atomic E-state index is 12.2. The summed E-state index contributed by atoms with van der Waals surface area (Å²) in [7, 11) is 0. The average molecular weight is 288 g/mol. The normalized spacial score (nSPS) is 13.6. The van der Waals surface area contributed by atoms with Crippen LogP contribution in [0.25, 0.3) is 10.9 Å². The van der Waals surface area contributed by atoms with Crippen molar-refractivity contribution in [3.8, 4) is 0 Å². The number of aliphatic hydroxyl groups is 1. The molecule has 1 amide bonds. The Kier molecular flexibility index (Phi) is 4.37. The molecule has 0 fully saturated rings. The van der Waals surface area contributed by atoms with E-state index in [9.17, 15) is 9.90 Å². The number of aromatic amines is 1. The van der Waals surface area contributed by atoms with E-state index in [2.05, 4.69) is 10.3 Å². The minimum Gasteiger partial charge on any atom is -0.392 e. The van der Waals surface area contributed by atoms with E-state index in [1.165, 1.54) is 0 Å². The maximum absolute atomic E-state index is 12.2. The molecule has 2 rings (SSSR count). The van der Waals surface area contributed by atoms with Crippen LogP contribution in [0.15, 0.2) is 30.3 Å². The zero-order valence-electron chi connectivity index (χ0n) is 13.1. The third-order valence-electron chi connectivity index (χ3n) is 3.91. The highest BCUT2D eigenvalue weighted by Crippen LogP contribution is 2.25. The molecule has 0 saturated heterocycles. The molecule has 1 atom stereocenters. The molecule has 1 unspecified atom stereocenters. The molecule has 21 heavy (non-hydrogen) atoms. The minimum atomic E-state index is -0.458. The van der Waals surface area contributed by atoms with Crippen molar-refractivity contribution < 1.29 is 9.90 Å². The van der Waals surface area contributed by atoms with Gasteiger partial charge in [-0.2, -0.15) is 0 Å². The highest BCUT2D eigenvalue weighted by Gasteiger charge is 2.30. The van der Waals surface area contributed by atoms with Gasteiger partial charge in [-0.05, 0) is 18.1 Å². The number of aromatic nitrogens is 1. The number of carbonyl (C=O) groups is 1. The second-order valence-corrected chi connectivity index (χ2v) is 6.63. The quantitative estimate of drug-likeness (QED) is 0.792. The Morgan fingerprint density at radius 3 is 2.62 bits per heavy atom. The van der Waals surface area contributed by atoms with Crippen molar-refractivity contribution in [1.82, 2.24) is 10.3 Å². The number of amides is 1. The van der Waals surface area contributed by atoms with E-state index in [-0.39, 0.29) is 17.2 Å². The van der Waals surface area contributed by atoms with Gasteiger partial charge in [0.25, 0.3) is 5.91 Å². The van der Waals surface area contributed by atoms with Gasteiger partial charge < -0.3 is 15.4 Å². The Balaban J connectivity index is 2.04. The topological polar surface area (TPSA) is 65.1 Å². The lowest BCUT2D eigenvalue weighted by Gasteiger charge is -2.33. The smallest absolute Gasteiger partial charge is 0.267 e. The van der Waals surface area contributed by atoms with Gasteiger partial charge in [-0.25, -0.2) is 0 Å². The Morgan fingerprint density at radius 2 is 2.00 bits per heavy atom. The van der Waals surface area contributed by atoms with E-state index in [0.29, 0.717) is 12.2 Å². The zero-order chi connectivity index (χ0) is 15.6. The molecule has 114 valence electrons. The third kappa shape index (κ3) is 3.45. The van der Waals surface area contributed by atoms with Crippen LogP contribution >= 0.6 is 0 Å². The first-order chi connectivity index (χ1) is 9.81. The van der Waals surface area contributed by atoms with Gasteiger partial charge in [0.2, 0.25) is 0 Å². The number of nitrogens with one attached hydrogen (secondary N) is 2. The first-order valence-corrected chi connectivity index (χ1v) is 7.35. The Hall–Kier alpha value is -1.81. The van der Waals surface area contributed by atoms with Gasteiger partial charge in [0, 0.05) is 22.9 Å². The van der Waals surface area contributed by atoms with E-state index < -0.39 is 6.10 Å². The summed E-state index contributed by atoms with van der Waals surface area (Å²) in [6.45, 7) is 8.31. The molecule has 1 aromatic heterocycles. The van der Waals surface area contributed by atoms with Crippen molar-refractivity contribution in [2.45, 2.75) is 33.8 Å². The summed E-state index contributed by atoms with van der Waals surface area (Å²) in [6.07, 6.45) is -0.458. The number of H-pyrrole nitrogens is 1. The SMILES string of the molecule is CC(C)C(O)C(C)(C)CNC(=O)c1cc2ccccc2[nH]1. The molecular weight excluding hydrogens is 264 g/mol. The van der Waals surface area contributed by atoms with Crippen LogP contribution in [0, 0.1) is 11.3 Å². The minimum absolute atomic E-state index is 0.143. The molecule has 0 bridgehead atoms. The molecule has 0 radical (unpaired) electrons. The van der Waals surface area contributed by atoms with Crippen LogP contribution in [-0.2, 0) is 0 Å². The molecule has 0 saturated carbocycles. The van der Waals surface area contributed by atoms with Crippen molar-refractivity contribution in [1.29, 1.82) is 0 Å². The van der Waals surface area contributed by atoms with Crippen LogP contribution in [0.5, 0.6) is 0 Å². The van der Waals surface area contributed by atoms with E-state index in [4.69, 9.17) is 0 Å². The predicted molar refractivity (Wildman–Crippen MR) is 85.3 cm³/mol. The van der Waals surface area contributed by atoms with Crippen molar-refractivity contribution >= 4 is 16.8 Å². The summed E-state index contributed by atoms with van der Waals surface area (Å²) >= 11 is 0. The first-order valence-electron chi connectivity index (χ1n) is 7.35. The number of para-hydroxylation sites is 1. The number of hydrogen-bond donors (Lipinski definition) is 3. The zero-order valence-corrected chi connectivity index (χ0v) is 13.1. The van der Waals surface area contributed by atoms with Crippen LogP contribution in [-0.4, -0.2) is 28.6 Å². The molecule has 3 N–H and O–H groups in total. The van der Waals surface area contributed by atoms with Crippen LogP contribution < -0.4 is 5.32 Å². The monoisotopic (exact) mass is 288 g/mol. The Morgan fingerprint density at radius 1 is 1.33 bits per heavy atom. The van der Waals surface area contributed by atoms with E-state index in [1.54, 1.807) is 0 Å². The molecule has 0 aliphatic heterocycles. The largest absolute Gasteiger partial charge is 0.392 e. The number of carbonyl (C=O) groups excluding carboxylic acids is 1. The van der Waals surface area contributed by atoms with Gasteiger partial charge >= 0.3 is 0 Å². The summed E-state index contributed by atoms with van der Waals surface area (Å²) < 4.78 is 0. The second-order valence-electron chi connectivity index (χ2n) is 6.63. The van der Waals surface area contributed by atoms with Gasteiger partial charge in [-0.15, -0.1) is 0 Å². The highest BCUT2D eigenvalue weighted by molar-refractivity contribution is 5.97. The standard InChI is InChI=1S/C17H24N2O2/c1-11(2)15(20)17(3,4)10-18-16(21)14-9-12-7-5-6-8-13(12)19-14/h5-9,11,15,19-20H,10H2,1-4H3,(H,18,21). The molecule has 0 spiro atoms. The van der Waals surface area contributed by atoms with Gasteiger partial charge in [0.1, 0.15) is 5.69 Å². The molecule has 4 heteroatoms. The van der Waals surface area contributed by atoms with E-state index >= 15 is 0 Å². The molecule has 0 aliphatic rings. The Labute approximate surface area is 125 Å². The molecule has 2 aromatic rings. The number of fused-ring (bicyclic) bond motifs is 1. The number of benzene rings is 1. The summed E-state index contributed by atoms with van der Waals surface area (Å²) in [5.41, 5.74) is 1.13. The maximum Gasteiger partial charge on any atom is 0.267 e. The lowest BCUT2D eigenvalue weighted by molar-refractivity contribution is 0.0138. The Bertz CT molecular complexity index is 596. The highest BCUT2D eigenvalue weighted by atomic mass is 16.3. The number of aliphatic hydroxyl groups excluding tert-OH is 1. The first kappa shape index (κ1) is 15.6. The number of hydrogen-bond acceptors (Lipinski definition) is 2. The average Bonchev–Trinajstić information content (AvgIpc) is 2.87. The van der Waals surface area contributed by atoms with Gasteiger partial charge in [0.05, 0.1) is 6.10 Å². The predicted octanol–water partition coefficient (Wildman–Crippen LogP) is 2.94. The van der Waals surface area contributed by atoms with Crippen molar-refractivity contribution in [3.63, 3.8) is 0 Å². The van der Waals surface area contributed by atoms with Gasteiger partial charge in [0.15, 0.2) is 0 Å². The summed E-state index contributed by atoms with van der Waals surface area (Å²) in [5, 5.41) is 14.1. The molecule has 4 nitrogen and oxygen atoms in total. The fraction of sp³-hybridized carbons (Fsp3) is 0.471. The molecule has 0 aliphatic carbocycles. The van der Waals surface area contributed by atoms with Crippen LogP contribution in [0.4, 0.5) is 0 Å². The summed E-state index contributed by atoms with van der Waals surface area (Å²) in [5.74, 6) is 0.0141.